The van der Waals surface area contributed by atoms with Gasteiger partial charge in [-0.3, -0.25) is 4.79 Å². The van der Waals surface area contributed by atoms with E-state index in [-0.39, 0.29) is 11.3 Å². The van der Waals surface area contributed by atoms with Crippen LogP contribution < -0.4 is 0 Å². The average Bonchev–Trinajstić information content (AvgIpc) is 3.06. The lowest BCUT2D eigenvalue weighted by atomic mass is 10.1. The molecule has 18 heavy (non-hydrogen) atoms. The van der Waals surface area contributed by atoms with Crippen LogP contribution in [0.15, 0.2) is 29.2 Å². The van der Waals surface area contributed by atoms with Gasteiger partial charge in [-0.2, -0.15) is 5.26 Å². The van der Waals surface area contributed by atoms with Crippen LogP contribution in [0.1, 0.15) is 6.42 Å². The standard InChI is InChI=1S/C11H8ClNO4S/c12-7-1-3-8(4-2-7)18(16,17)9-5-11(9,6-13)10(14)15/h1-4,9H,5H2,(H,14,15)/t9-,11-/m0/s1. The minimum Gasteiger partial charge on any atom is -0.480 e. The van der Waals surface area contributed by atoms with Crippen LogP contribution in [-0.4, -0.2) is 24.7 Å². The highest BCUT2D eigenvalue weighted by Crippen LogP contribution is 2.52. The highest BCUT2D eigenvalue weighted by Gasteiger charge is 2.68. The average molecular weight is 286 g/mol. The number of carbonyl (C=O) groups is 1. The summed E-state index contributed by atoms with van der Waals surface area (Å²) >= 11 is 5.65. The van der Waals surface area contributed by atoms with Gasteiger partial charge in [-0.05, 0) is 30.7 Å². The molecular formula is C11H8ClNO4S. The molecule has 2 atom stereocenters. The summed E-state index contributed by atoms with van der Waals surface area (Å²) in [7, 11) is -3.81. The van der Waals surface area contributed by atoms with Crippen molar-refractivity contribution in [2.45, 2.75) is 16.6 Å². The molecule has 1 aliphatic carbocycles. The van der Waals surface area contributed by atoms with Gasteiger partial charge in [0.25, 0.3) is 0 Å². The molecule has 0 spiro atoms. The van der Waals surface area contributed by atoms with Gasteiger partial charge >= 0.3 is 5.97 Å². The van der Waals surface area contributed by atoms with E-state index in [1.165, 1.54) is 24.3 Å². The smallest absolute Gasteiger partial charge is 0.325 e. The van der Waals surface area contributed by atoms with Crippen LogP contribution in [0.2, 0.25) is 5.02 Å². The number of aliphatic carboxylic acids is 1. The Kier molecular flexibility index (Phi) is 2.84. The molecule has 1 aromatic rings. The van der Waals surface area contributed by atoms with Crippen LogP contribution in [0.4, 0.5) is 0 Å². The second-order valence-electron chi connectivity index (χ2n) is 4.08. The molecule has 0 radical (unpaired) electrons. The third-order valence-corrected chi connectivity index (χ3v) is 5.49. The Morgan fingerprint density at radius 1 is 1.44 bits per heavy atom. The molecule has 1 saturated carbocycles. The summed E-state index contributed by atoms with van der Waals surface area (Å²) in [6.07, 6.45) is -0.177. The van der Waals surface area contributed by atoms with Crippen molar-refractivity contribution < 1.29 is 18.3 Å². The van der Waals surface area contributed by atoms with E-state index in [2.05, 4.69) is 0 Å². The second kappa shape index (κ2) is 3.97. The van der Waals surface area contributed by atoms with Crippen molar-refractivity contribution in [1.82, 2.24) is 0 Å². The van der Waals surface area contributed by atoms with Gasteiger partial charge < -0.3 is 5.11 Å². The van der Waals surface area contributed by atoms with Crippen molar-refractivity contribution in [2.24, 2.45) is 5.41 Å². The normalized spacial score (nSPS) is 26.3. The zero-order chi connectivity index (χ0) is 13.6. The van der Waals surface area contributed by atoms with E-state index in [0.717, 1.165) is 0 Å². The van der Waals surface area contributed by atoms with E-state index >= 15 is 0 Å². The number of hydrogen-bond acceptors (Lipinski definition) is 4. The predicted molar refractivity (Wildman–Crippen MR) is 62.7 cm³/mol. The number of halogens is 1. The molecule has 2 rings (SSSR count). The van der Waals surface area contributed by atoms with Crippen LogP contribution in [0.3, 0.4) is 0 Å². The quantitative estimate of drug-likeness (QED) is 0.907. The van der Waals surface area contributed by atoms with Gasteiger partial charge in [0.2, 0.25) is 0 Å². The maximum absolute atomic E-state index is 12.1. The minimum absolute atomic E-state index is 0.0183. The molecule has 0 heterocycles. The van der Waals surface area contributed by atoms with E-state index in [4.69, 9.17) is 22.0 Å². The van der Waals surface area contributed by atoms with Crippen LogP contribution in [0, 0.1) is 16.7 Å². The Morgan fingerprint density at radius 3 is 2.39 bits per heavy atom. The molecule has 0 amide bonds. The summed E-state index contributed by atoms with van der Waals surface area (Å²) in [6.45, 7) is 0. The molecule has 0 saturated heterocycles. The number of nitriles is 1. The topological polar surface area (TPSA) is 95.2 Å². The molecular weight excluding hydrogens is 278 g/mol. The van der Waals surface area contributed by atoms with Gasteiger partial charge in [0.05, 0.1) is 16.2 Å². The SMILES string of the molecule is N#C[C@@]1(C(=O)O)C[C@@H]1S(=O)(=O)c1ccc(Cl)cc1. The van der Waals surface area contributed by atoms with Crippen molar-refractivity contribution in [2.75, 3.05) is 0 Å². The van der Waals surface area contributed by atoms with Crippen LogP contribution in [0.25, 0.3) is 0 Å². The maximum atomic E-state index is 12.1. The Hall–Kier alpha value is -1.58. The molecule has 0 aliphatic heterocycles. The van der Waals surface area contributed by atoms with Gasteiger partial charge in [-0.25, -0.2) is 8.42 Å². The van der Waals surface area contributed by atoms with Crippen LogP contribution in [0.5, 0.6) is 0 Å². The van der Waals surface area contributed by atoms with Gasteiger partial charge in [-0.15, -0.1) is 0 Å². The molecule has 1 aromatic carbocycles. The van der Waals surface area contributed by atoms with Gasteiger partial charge in [0.1, 0.15) is 0 Å². The van der Waals surface area contributed by atoms with Crippen molar-refractivity contribution >= 4 is 27.4 Å². The summed E-state index contributed by atoms with van der Waals surface area (Å²) in [5.41, 5.74) is -1.81. The lowest BCUT2D eigenvalue weighted by molar-refractivity contribution is -0.141. The number of sulfone groups is 1. The summed E-state index contributed by atoms with van der Waals surface area (Å²) in [4.78, 5) is 10.9. The Bertz CT molecular complexity index is 647. The lowest BCUT2D eigenvalue weighted by Gasteiger charge is -2.05. The first-order valence-corrected chi connectivity index (χ1v) is 6.91. The van der Waals surface area contributed by atoms with Gasteiger partial charge in [0, 0.05) is 5.02 Å². The third-order valence-electron chi connectivity index (χ3n) is 2.99. The maximum Gasteiger partial charge on any atom is 0.325 e. The van der Waals surface area contributed by atoms with E-state index in [9.17, 15) is 13.2 Å². The molecule has 5 nitrogen and oxygen atoms in total. The Labute approximate surface area is 109 Å². The summed E-state index contributed by atoms with van der Waals surface area (Å²) < 4.78 is 24.3. The highest BCUT2D eigenvalue weighted by atomic mass is 35.5. The Morgan fingerprint density at radius 2 is 2.00 bits per heavy atom. The number of hydrogen-bond donors (Lipinski definition) is 1. The fourth-order valence-electron chi connectivity index (χ4n) is 1.79. The number of carboxylic acids is 1. The molecule has 0 aromatic heterocycles. The highest BCUT2D eigenvalue weighted by molar-refractivity contribution is 7.92. The number of benzene rings is 1. The van der Waals surface area contributed by atoms with Crippen molar-refractivity contribution in [3.8, 4) is 6.07 Å². The first-order valence-electron chi connectivity index (χ1n) is 4.99. The molecule has 7 heteroatoms. The summed E-state index contributed by atoms with van der Waals surface area (Å²) in [5.74, 6) is -1.40. The first-order chi connectivity index (χ1) is 8.34. The van der Waals surface area contributed by atoms with E-state index < -0.39 is 26.5 Å². The predicted octanol–water partition coefficient (Wildman–Crippen LogP) is 1.48. The van der Waals surface area contributed by atoms with Crippen LogP contribution >= 0.6 is 11.6 Å². The number of carboxylic acid groups (broad SMARTS) is 1. The zero-order valence-electron chi connectivity index (χ0n) is 9.00. The van der Waals surface area contributed by atoms with E-state index in [1.807, 2.05) is 0 Å². The molecule has 94 valence electrons. The monoisotopic (exact) mass is 285 g/mol. The van der Waals surface area contributed by atoms with Crippen molar-refractivity contribution in [1.29, 1.82) is 5.26 Å². The minimum atomic E-state index is -3.81. The molecule has 1 aliphatic rings. The van der Waals surface area contributed by atoms with E-state index in [1.54, 1.807) is 6.07 Å². The zero-order valence-corrected chi connectivity index (χ0v) is 10.6. The van der Waals surface area contributed by atoms with Gasteiger partial charge in [-0.1, -0.05) is 11.6 Å². The lowest BCUT2D eigenvalue weighted by Crippen LogP contribution is -2.22. The largest absolute Gasteiger partial charge is 0.480 e. The van der Waals surface area contributed by atoms with Crippen LogP contribution in [-0.2, 0) is 14.6 Å². The second-order valence-corrected chi connectivity index (χ2v) is 6.65. The molecule has 1 fully saturated rings. The number of rotatable bonds is 3. The van der Waals surface area contributed by atoms with Gasteiger partial charge in [0.15, 0.2) is 15.3 Å². The van der Waals surface area contributed by atoms with Crippen molar-refractivity contribution in [3.05, 3.63) is 29.3 Å². The van der Waals surface area contributed by atoms with Crippen molar-refractivity contribution in [3.63, 3.8) is 0 Å². The third kappa shape index (κ3) is 1.76. The Balaban J connectivity index is 2.39. The fraction of sp³-hybridized carbons (Fsp3) is 0.273. The first kappa shape index (κ1) is 12.9. The summed E-state index contributed by atoms with van der Waals surface area (Å²) in [5, 5.41) is 17.0. The number of nitrogens with zero attached hydrogens (tertiary/aromatic N) is 1. The van der Waals surface area contributed by atoms with E-state index in [0.29, 0.717) is 5.02 Å². The molecule has 0 unspecified atom stereocenters. The molecule has 1 N–H and O–H groups in total. The summed E-state index contributed by atoms with van der Waals surface area (Å²) in [6, 6.07) is 7.01. The fourth-order valence-corrected chi connectivity index (χ4v) is 3.92. The molecule has 0 bridgehead atoms.